The Balaban J connectivity index is 1.38. The van der Waals surface area contributed by atoms with Gasteiger partial charge in [-0.25, -0.2) is 0 Å². The molecule has 2 aliphatic rings. The first kappa shape index (κ1) is 14.6. The van der Waals surface area contributed by atoms with E-state index in [-0.39, 0.29) is 11.8 Å². The first-order chi connectivity index (χ1) is 10.2. The molecule has 0 radical (unpaired) electrons. The second-order valence-corrected chi connectivity index (χ2v) is 6.75. The van der Waals surface area contributed by atoms with Crippen LogP contribution in [0.4, 0.5) is 0 Å². The van der Waals surface area contributed by atoms with Gasteiger partial charge < -0.3 is 11.1 Å². The maximum Gasteiger partial charge on any atom is 0.223 e. The summed E-state index contributed by atoms with van der Waals surface area (Å²) in [6.07, 6.45) is 7.50. The van der Waals surface area contributed by atoms with Gasteiger partial charge in [0.05, 0.1) is 0 Å². The number of amides is 1. The molecule has 0 bridgehead atoms. The number of benzene rings is 1. The minimum Gasteiger partial charge on any atom is -0.353 e. The minimum atomic E-state index is 0.268. The van der Waals surface area contributed by atoms with Crippen LogP contribution in [0.5, 0.6) is 0 Å². The Bertz CT molecular complexity index is 465. The minimum absolute atomic E-state index is 0.268. The van der Waals surface area contributed by atoms with Crippen LogP contribution in [0.1, 0.15) is 44.1 Å². The van der Waals surface area contributed by atoms with Gasteiger partial charge in [-0.15, -0.1) is 0 Å². The molecule has 0 spiro atoms. The van der Waals surface area contributed by atoms with Gasteiger partial charge in [0.1, 0.15) is 0 Å². The number of nitrogens with two attached hydrogens (primary N) is 1. The Kier molecular flexibility index (Phi) is 4.59. The molecule has 0 heterocycles. The molecule has 3 nitrogen and oxygen atoms in total. The molecule has 0 aromatic heterocycles. The second kappa shape index (κ2) is 6.61. The SMILES string of the molecule is NC1CCC(NC(=O)C2CC2CCc2ccccc2)CC1. The number of carbonyl (C=O) groups is 1. The van der Waals surface area contributed by atoms with Crippen LogP contribution in [0.3, 0.4) is 0 Å². The molecule has 0 saturated heterocycles. The van der Waals surface area contributed by atoms with E-state index >= 15 is 0 Å². The largest absolute Gasteiger partial charge is 0.353 e. The van der Waals surface area contributed by atoms with Crippen molar-refractivity contribution < 1.29 is 4.79 Å². The summed E-state index contributed by atoms with van der Waals surface area (Å²) in [5.41, 5.74) is 7.28. The molecule has 2 fully saturated rings. The third kappa shape index (κ3) is 4.07. The van der Waals surface area contributed by atoms with Crippen molar-refractivity contribution >= 4 is 5.91 Å². The molecule has 1 aromatic rings. The van der Waals surface area contributed by atoms with E-state index in [0.29, 0.717) is 18.0 Å². The normalized spacial score (nSPS) is 31.7. The lowest BCUT2D eigenvalue weighted by molar-refractivity contribution is -0.123. The third-order valence-electron chi connectivity index (χ3n) is 5.02. The smallest absolute Gasteiger partial charge is 0.223 e. The number of hydrogen-bond donors (Lipinski definition) is 2. The van der Waals surface area contributed by atoms with Gasteiger partial charge in [-0.3, -0.25) is 4.79 Å². The fourth-order valence-electron chi connectivity index (χ4n) is 3.46. The molecule has 1 amide bonds. The fraction of sp³-hybridized carbons (Fsp3) is 0.611. The van der Waals surface area contributed by atoms with Crippen LogP contribution < -0.4 is 11.1 Å². The van der Waals surface area contributed by atoms with Gasteiger partial charge in [0, 0.05) is 18.0 Å². The quantitative estimate of drug-likeness (QED) is 0.874. The van der Waals surface area contributed by atoms with Crippen LogP contribution in [0.15, 0.2) is 30.3 Å². The van der Waals surface area contributed by atoms with Crippen molar-refractivity contribution in [1.29, 1.82) is 0 Å². The molecule has 21 heavy (non-hydrogen) atoms. The Hall–Kier alpha value is -1.35. The molecule has 0 aliphatic heterocycles. The Morgan fingerprint density at radius 1 is 1.14 bits per heavy atom. The van der Waals surface area contributed by atoms with E-state index in [9.17, 15) is 4.79 Å². The van der Waals surface area contributed by atoms with Crippen molar-refractivity contribution in [2.24, 2.45) is 17.6 Å². The van der Waals surface area contributed by atoms with Crippen LogP contribution in [-0.4, -0.2) is 18.0 Å². The lowest BCUT2D eigenvalue weighted by Gasteiger charge is -2.26. The lowest BCUT2D eigenvalue weighted by Crippen LogP contribution is -2.41. The predicted octanol–water partition coefficient (Wildman–Crippen LogP) is 2.64. The first-order valence-electron chi connectivity index (χ1n) is 8.32. The van der Waals surface area contributed by atoms with E-state index in [0.717, 1.165) is 44.9 Å². The highest BCUT2D eigenvalue weighted by Gasteiger charge is 2.42. The van der Waals surface area contributed by atoms with Crippen LogP contribution >= 0.6 is 0 Å². The summed E-state index contributed by atoms with van der Waals surface area (Å²) in [6, 6.07) is 11.3. The Labute approximate surface area is 127 Å². The van der Waals surface area contributed by atoms with Crippen molar-refractivity contribution in [3.05, 3.63) is 35.9 Å². The summed E-state index contributed by atoms with van der Waals surface area (Å²) in [5, 5.41) is 3.24. The first-order valence-corrected chi connectivity index (χ1v) is 8.32. The highest BCUT2D eigenvalue weighted by molar-refractivity contribution is 5.81. The topological polar surface area (TPSA) is 55.1 Å². The molecule has 3 N–H and O–H groups in total. The van der Waals surface area contributed by atoms with Gasteiger partial charge in [0.2, 0.25) is 5.91 Å². The van der Waals surface area contributed by atoms with Crippen LogP contribution in [0.25, 0.3) is 0 Å². The van der Waals surface area contributed by atoms with Crippen molar-refractivity contribution in [2.45, 2.75) is 57.0 Å². The van der Waals surface area contributed by atoms with Crippen LogP contribution in [-0.2, 0) is 11.2 Å². The van der Waals surface area contributed by atoms with E-state index in [1.165, 1.54) is 5.56 Å². The van der Waals surface area contributed by atoms with Crippen molar-refractivity contribution in [2.75, 3.05) is 0 Å². The number of aryl methyl sites for hydroxylation is 1. The van der Waals surface area contributed by atoms with Gasteiger partial charge in [-0.05, 0) is 56.4 Å². The van der Waals surface area contributed by atoms with Crippen LogP contribution in [0, 0.1) is 11.8 Å². The molecular formula is C18H26N2O. The summed E-state index contributed by atoms with van der Waals surface area (Å²) < 4.78 is 0. The molecule has 1 aromatic carbocycles. The predicted molar refractivity (Wildman–Crippen MR) is 84.7 cm³/mol. The third-order valence-corrected chi connectivity index (χ3v) is 5.02. The summed E-state index contributed by atoms with van der Waals surface area (Å²) >= 11 is 0. The van der Waals surface area contributed by atoms with E-state index in [4.69, 9.17) is 5.73 Å². The van der Waals surface area contributed by atoms with Crippen molar-refractivity contribution in [3.8, 4) is 0 Å². The highest BCUT2D eigenvalue weighted by atomic mass is 16.2. The summed E-state index contributed by atoms with van der Waals surface area (Å²) in [7, 11) is 0. The maximum atomic E-state index is 12.2. The molecule has 3 heteroatoms. The monoisotopic (exact) mass is 286 g/mol. The van der Waals surface area contributed by atoms with Gasteiger partial charge >= 0.3 is 0 Å². The van der Waals surface area contributed by atoms with E-state index in [1.54, 1.807) is 0 Å². The Morgan fingerprint density at radius 2 is 1.86 bits per heavy atom. The average Bonchev–Trinajstić information content (AvgIpc) is 3.28. The fourth-order valence-corrected chi connectivity index (χ4v) is 3.46. The van der Waals surface area contributed by atoms with Crippen LogP contribution in [0.2, 0.25) is 0 Å². The standard InChI is InChI=1S/C18H26N2O/c19-15-8-10-16(11-9-15)20-18(21)17-12-14(17)7-6-13-4-2-1-3-5-13/h1-5,14-17H,6-12,19H2,(H,20,21). The zero-order valence-corrected chi connectivity index (χ0v) is 12.6. The van der Waals surface area contributed by atoms with Crippen molar-refractivity contribution in [3.63, 3.8) is 0 Å². The van der Waals surface area contributed by atoms with E-state index < -0.39 is 0 Å². The number of hydrogen-bond acceptors (Lipinski definition) is 2. The number of nitrogens with one attached hydrogen (secondary N) is 1. The average molecular weight is 286 g/mol. The van der Waals surface area contributed by atoms with Crippen molar-refractivity contribution in [1.82, 2.24) is 5.32 Å². The van der Waals surface area contributed by atoms with Gasteiger partial charge in [-0.2, -0.15) is 0 Å². The van der Waals surface area contributed by atoms with Gasteiger partial charge in [0.25, 0.3) is 0 Å². The molecule has 2 saturated carbocycles. The Morgan fingerprint density at radius 3 is 2.57 bits per heavy atom. The number of carbonyl (C=O) groups excluding carboxylic acids is 1. The zero-order valence-electron chi connectivity index (χ0n) is 12.6. The van der Waals surface area contributed by atoms with Gasteiger partial charge in [0.15, 0.2) is 0 Å². The number of rotatable bonds is 5. The summed E-state index contributed by atoms with van der Waals surface area (Å²) in [6.45, 7) is 0. The molecular weight excluding hydrogens is 260 g/mol. The van der Waals surface area contributed by atoms with Gasteiger partial charge in [-0.1, -0.05) is 30.3 Å². The molecule has 114 valence electrons. The molecule has 3 rings (SSSR count). The zero-order chi connectivity index (χ0) is 14.7. The summed E-state index contributed by atoms with van der Waals surface area (Å²) in [4.78, 5) is 12.2. The lowest BCUT2D eigenvalue weighted by atomic mass is 9.91. The van der Waals surface area contributed by atoms with E-state index in [1.807, 2.05) is 6.07 Å². The highest BCUT2D eigenvalue weighted by Crippen LogP contribution is 2.42. The van der Waals surface area contributed by atoms with E-state index in [2.05, 4.69) is 29.6 Å². The molecule has 2 atom stereocenters. The molecule has 2 unspecified atom stereocenters. The maximum absolute atomic E-state index is 12.2. The summed E-state index contributed by atoms with van der Waals surface area (Å²) in [5.74, 6) is 1.15. The second-order valence-electron chi connectivity index (χ2n) is 6.75. The molecule has 2 aliphatic carbocycles.